The van der Waals surface area contributed by atoms with Crippen molar-refractivity contribution < 1.29 is 9.53 Å². The third-order valence-electron chi connectivity index (χ3n) is 3.43. The molecule has 1 fully saturated rings. The first-order chi connectivity index (χ1) is 9.58. The first kappa shape index (κ1) is 15.1. The van der Waals surface area contributed by atoms with Crippen molar-refractivity contribution in [2.24, 2.45) is 5.92 Å². The van der Waals surface area contributed by atoms with Gasteiger partial charge in [0.15, 0.2) is 0 Å². The topological polar surface area (TPSA) is 67.6 Å². The molecule has 1 heterocycles. The molecule has 0 spiro atoms. The molecule has 1 aliphatic rings. The number of amides is 1. The molecule has 5 nitrogen and oxygen atoms in total. The van der Waals surface area contributed by atoms with Gasteiger partial charge < -0.3 is 15.8 Å². The highest BCUT2D eigenvalue weighted by Crippen LogP contribution is 2.23. The van der Waals surface area contributed by atoms with Crippen LogP contribution in [0.15, 0.2) is 18.2 Å². The summed E-state index contributed by atoms with van der Waals surface area (Å²) in [4.78, 5) is 14.1. The van der Waals surface area contributed by atoms with E-state index in [9.17, 15) is 4.79 Å². The molecule has 1 atom stereocenters. The molecule has 1 saturated heterocycles. The van der Waals surface area contributed by atoms with Gasteiger partial charge in [0.05, 0.1) is 24.5 Å². The Hall–Kier alpha value is -1.30. The zero-order valence-corrected chi connectivity index (χ0v) is 12.3. The number of benzene rings is 1. The number of nitrogen functional groups attached to an aromatic ring is 1. The smallest absolute Gasteiger partial charge is 0.238 e. The number of halogens is 1. The molecular weight excluding hydrogens is 278 g/mol. The van der Waals surface area contributed by atoms with Crippen LogP contribution in [0.25, 0.3) is 0 Å². The van der Waals surface area contributed by atoms with E-state index in [1.165, 1.54) is 0 Å². The average Bonchev–Trinajstić information content (AvgIpc) is 2.81. The van der Waals surface area contributed by atoms with Crippen LogP contribution in [0.1, 0.15) is 6.42 Å². The monoisotopic (exact) mass is 297 g/mol. The Labute approximate surface area is 124 Å². The Bertz CT molecular complexity index is 481. The quantitative estimate of drug-likeness (QED) is 0.814. The number of anilines is 2. The van der Waals surface area contributed by atoms with E-state index in [4.69, 9.17) is 22.1 Å². The lowest BCUT2D eigenvalue weighted by atomic mass is 10.1. The van der Waals surface area contributed by atoms with Crippen LogP contribution in [-0.2, 0) is 9.53 Å². The van der Waals surface area contributed by atoms with Gasteiger partial charge in [0, 0.05) is 18.7 Å². The SMILES string of the molecule is COCC1CCN(CC(=O)Nc2ccc(Cl)cc2N)C1. The summed E-state index contributed by atoms with van der Waals surface area (Å²) in [5, 5.41) is 3.37. The number of ether oxygens (including phenoxy) is 1. The van der Waals surface area contributed by atoms with Gasteiger partial charge in [-0.25, -0.2) is 0 Å². The van der Waals surface area contributed by atoms with E-state index < -0.39 is 0 Å². The molecule has 1 aliphatic heterocycles. The van der Waals surface area contributed by atoms with Crippen LogP contribution in [0.2, 0.25) is 5.02 Å². The van der Waals surface area contributed by atoms with Crippen LogP contribution in [0.3, 0.4) is 0 Å². The molecule has 3 N–H and O–H groups in total. The van der Waals surface area contributed by atoms with Crippen LogP contribution in [-0.4, -0.2) is 44.2 Å². The largest absolute Gasteiger partial charge is 0.397 e. The van der Waals surface area contributed by atoms with Gasteiger partial charge in [-0.2, -0.15) is 0 Å². The number of hydrogen-bond donors (Lipinski definition) is 2. The minimum absolute atomic E-state index is 0.0583. The number of carbonyl (C=O) groups excluding carboxylic acids is 1. The van der Waals surface area contributed by atoms with Crippen molar-refractivity contribution in [1.82, 2.24) is 4.90 Å². The molecule has 6 heteroatoms. The minimum atomic E-state index is -0.0583. The standard InChI is InChI=1S/C14H20ClN3O2/c1-20-9-10-4-5-18(7-10)8-14(19)17-13-3-2-11(15)6-12(13)16/h2-3,6,10H,4-5,7-9,16H2,1H3,(H,17,19). The Balaban J connectivity index is 1.84. The lowest BCUT2D eigenvalue weighted by Gasteiger charge is -2.16. The van der Waals surface area contributed by atoms with Crippen molar-refractivity contribution >= 4 is 28.9 Å². The maximum atomic E-state index is 12.0. The fraction of sp³-hybridized carbons (Fsp3) is 0.500. The number of likely N-dealkylation sites (tertiary alicyclic amines) is 1. The number of nitrogens with one attached hydrogen (secondary N) is 1. The molecule has 0 aromatic heterocycles. The van der Waals surface area contributed by atoms with E-state index >= 15 is 0 Å². The number of hydrogen-bond acceptors (Lipinski definition) is 4. The van der Waals surface area contributed by atoms with Gasteiger partial charge in [-0.05, 0) is 37.1 Å². The van der Waals surface area contributed by atoms with Gasteiger partial charge in [-0.1, -0.05) is 11.6 Å². The van der Waals surface area contributed by atoms with Gasteiger partial charge in [-0.3, -0.25) is 9.69 Å². The second-order valence-electron chi connectivity index (χ2n) is 5.12. The summed E-state index contributed by atoms with van der Waals surface area (Å²) >= 11 is 5.82. The Morgan fingerprint density at radius 1 is 1.60 bits per heavy atom. The maximum absolute atomic E-state index is 12.0. The van der Waals surface area contributed by atoms with Crippen LogP contribution < -0.4 is 11.1 Å². The predicted octanol–water partition coefficient (Wildman–Crippen LogP) is 1.83. The fourth-order valence-corrected chi connectivity index (χ4v) is 2.65. The van der Waals surface area contributed by atoms with Crippen molar-refractivity contribution in [3.63, 3.8) is 0 Å². The fourth-order valence-electron chi connectivity index (χ4n) is 2.47. The average molecular weight is 298 g/mol. The molecule has 1 aromatic carbocycles. The normalized spacial score (nSPS) is 19.2. The first-order valence-corrected chi connectivity index (χ1v) is 7.02. The summed E-state index contributed by atoms with van der Waals surface area (Å²) in [6.07, 6.45) is 1.07. The molecule has 20 heavy (non-hydrogen) atoms. The highest BCUT2D eigenvalue weighted by Gasteiger charge is 2.23. The molecule has 1 aromatic rings. The summed E-state index contributed by atoms with van der Waals surface area (Å²) in [5.74, 6) is 0.463. The van der Waals surface area contributed by atoms with E-state index in [-0.39, 0.29) is 5.91 Å². The number of nitrogens with zero attached hydrogens (tertiary/aromatic N) is 1. The van der Waals surface area contributed by atoms with Crippen molar-refractivity contribution in [3.8, 4) is 0 Å². The molecule has 2 rings (SSSR count). The van der Waals surface area contributed by atoms with Crippen molar-refractivity contribution in [2.45, 2.75) is 6.42 Å². The molecule has 0 radical (unpaired) electrons. The summed E-state index contributed by atoms with van der Waals surface area (Å²) < 4.78 is 5.15. The molecule has 0 aliphatic carbocycles. The molecule has 1 unspecified atom stereocenters. The van der Waals surface area contributed by atoms with E-state index in [1.54, 1.807) is 25.3 Å². The molecule has 110 valence electrons. The zero-order valence-electron chi connectivity index (χ0n) is 11.6. The molecule has 1 amide bonds. The van der Waals surface area contributed by atoms with Crippen LogP contribution >= 0.6 is 11.6 Å². The van der Waals surface area contributed by atoms with Crippen molar-refractivity contribution in [3.05, 3.63) is 23.2 Å². The van der Waals surface area contributed by atoms with Gasteiger partial charge in [0.1, 0.15) is 0 Å². The summed E-state index contributed by atoms with van der Waals surface area (Å²) in [6, 6.07) is 5.05. The number of methoxy groups -OCH3 is 1. The minimum Gasteiger partial charge on any atom is -0.397 e. The Morgan fingerprint density at radius 3 is 3.10 bits per heavy atom. The van der Waals surface area contributed by atoms with E-state index in [0.717, 1.165) is 26.1 Å². The van der Waals surface area contributed by atoms with Gasteiger partial charge in [-0.15, -0.1) is 0 Å². The highest BCUT2D eigenvalue weighted by molar-refractivity contribution is 6.31. The number of nitrogens with two attached hydrogens (primary N) is 1. The molecule has 0 bridgehead atoms. The predicted molar refractivity (Wildman–Crippen MR) is 80.9 cm³/mol. The lowest BCUT2D eigenvalue weighted by molar-refractivity contribution is -0.117. The Morgan fingerprint density at radius 2 is 2.40 bits per heavy atom. The number of rotatable bonds is 5. The van der Waals surface area contributed by atoms with E-state index in [0.29, 0.717) is 28.9 Å². The first-order valence-electron chi connectivity index (χ1n) is 6.64. The van der Waals surface area contributed by atoms with Crippen LogP contribution in [0.4, 0.5) is 11.4 Å². The highest BCUT2D eigenvalue weighted by atomic mass is 35.5. The summed E-state index contributed by atoms with van der Waals surface area (Å²) in [6.45, 7) is 2.96. The molecule has 0 saturated carbocycles. The van der Waals surface area contributed by atoms with E-state index in [2.05, 4.69) is 10.2 Å². The second kappa shape index (κ2) is 6.92. The molecular formula is C14H20ClN3O2. The zero-order chi connectivity index (χ0) is 14.5. The maximum Gasteiger partial charge on any atom is 0.238 e. The number of carbonyl (C=O) groups is 1. The van der Waals surface area contributed by atoms with Crippen molar-refractivity contribution in [1.29, 1.82) is 0 Å². The van der Waals surface area contributed by atoms with Gasteiger partial charge >= 0.3 is 0 Å². The van der Waals surface area contributed by atoms with E-state index in [1.807, 2.05) is 0 Å². The van der Waals surface area contributed by atoms with Crippen LogP contribution in [0.5, 0.6) is 0 Å². The van der Waals surface area contributed by atoms with Crippen LogP contribution in [0, 0.1) is 5.92 Å². The third-order valence-corrected chi connectivity index (χ3v) is 3.66. The third kappa shape index (κ3) is 4.10. The van der Waals surface area contributed by atoms with Crippen molar-refractivity contribution in [2.75, 3.05) is 44.4 Å². The van der Waals surface area contributed by atoms with Gasteiger partial charge in [0.2, 0.25) is 5.91 Å². The second-order valence-corrected chi connectivity index (χ2v) is 5.56. The lowest BCUT2D eigenvalue weighted by Crippen LogP contribution is -2.32. The van der Waals surface area contributed by atoms with Gasteiger partial charge in [0.25, 0.3) is 0 Å². The summed E-state index contributed by atoms with van der Waals surface area (Å²) in [5.41, 5.74) is 6.89. The summed E-state index contributed by atoms with van der Waals surface area (Å²) in [7, 11) is 1.71. The Kier molecular flexibility index (Phi) is 5.23.